The van der Waals surface area contributed by atoms with Gasteiger partial charge in [-0.2, -0.15) is 0 Å². The molecule has 0 aliphatic rings. The van der Waals surface area contributed by atoms with Gasteiger partial charge in [0.15, 0.2) is 0 Å². The molecular formula is C16H16O3. The zero-order chi connectivity index (χ0) is 13.7. The lowest BCUT2D eigenvalue weighted by Gasteiger charge is -2.23. The lowest BCUT2D eigenvalue weighted by atomic mass is 9.89. The lowest BCUT2D eigenvalue weighted by Crippen LogP contribution is -2.21. The van der Waals surface area contributed by atoms with Crippen LogP contribution < -0.4 is 0 Å². The van der Waals surface area contributed by atoms with Gasteiger partial charge in [0.1, 0.15) is 5.92 Å². The van der Waals surface area contributed by atoms with E-state index >= 15 is 0 Å². The van der Waals surface area contributed by atoms with Crippen molar-refractivity contribution in [1.82, 2.24) is 0 Å². The summed E-state index contributed by atoms with van der Waals surface area (Å²) in [7, 11) is 1.54. The minimum Gasteiger partial charge on any atom is -0.481 e. The molecule has 0 saturated carbocycles. The van der Waals surface area contributed by atoms with E-state index in [-0.39, 0.29) is 0 Å². The van der Waals surface area contributed by atoms with Crippen LogP contribution in [0.4, 0.5) is 0 Å². The maximum atomic E-state index is 11.6. The number of ether oxygens (including phenoxy) is 1. The summed E-state index contributed by atoms with van der Waals surface area (Å²) < 4.78 is 5.43. The van der Waals surface area contributed by atoms with Crippen molar-refractivity contribution in [3.05, 3.63) is 71.8 Å². The van der Waals surface area contributed by atoms with Crippen LogP contribution in [0.1, 0.15) is 23.1 Å². The van der Waals surface area contributed by atoms with Gasteiger partial charge in [-0.15, -0.1) is 0 Å². The van der Waals surface area contributed by atoms with Crippen LogP contribution in [0.2, 0.25) is 0 Å². The molecular weight excluding hydrogens is 240 g/mol. The highest BCUT2D eigenvalue weighted by molar-refractivity contribution is 5.77. The minimum absolute atomic E-state index is 0.499. The summed E-state index contributed by atoms with van der Waals surface area (Å²) in [6, 6.07) is 18.6. The Labute approximate surface area is 112 Å². The highest BCUT2D eigenvalue weighted by atomic mass is 16.5. The third-order valence-corrected chi connectivity index (χ3v) is 3.11. The molecule has 0 aliphatic carbocycles. The highest BCUT2D eigenvalue weighted by Crippen LogP contribution is 2.33. The summed E-state index contributed by atoms with van der Waals surface area (Å²) in [4.78, 5) is 11.6. The lowest BCUT2D eigenvalue weighted by molar-refractivity contribution is -0.142. The van der Waals surface area contributed by atoms with Crippen LogP contribution in [-0.4, -0.2) is 18.2 Å². The average Bonchev–Trinajstić information content (AvgIpc) is 2.46. The summed E-state index contributed by atoms with van der Waals surface area (Å²) in [5.41, 5.74) is 1.60. The van der Waals surface area contributed by atoms with Gasteiger partial charge in [0.05, 0.1) is 6.10 Å². The molecule has 0 aliphatic heterocycles. The quantitative estimate of drug-likeness (QED) is 0.893. The van der Waals surface area contributed by atoms with Gasteiger partial charge in [-0.25, -0.2) is 0 Å². The molecule has 0 heterocycles. The Morgan fingerprint density at radius 3 is 1.84 bits per heavy atom. The van der Waals surface area contributed by atoms with Crippen LogP contribution in [0.5, 0.6) is 0 Å². The first kappa shape index (κ1) is 13.3. The molecule has 19 heavy (non-hydrogen) atoms. The summed E-state index contributed by atoms with van der Waals surface area (Å²) in [6.07, 6.45) is -0.499. The maximum Gasteiger partial charge on any atom is 0.314 e. The predicted molar refractivity (Wildman–Crippen MR) is 73.0 cm³/mol. The van der Waals surface area contributed by atoms with E-state index < -0.39 is 18.0 Å². The second-order valence-electron chi connectivity index (χ2n) is 4.29. The summed E-state index contributed by atoms with van der Waals surface area (Å²) in [6.45, 7) is 0. The van der Waals surface area contributed by atoms with Gasteiger partial charge in [0.2, 0.25) is 0 Å². The largest absolute Gasteiger partial charge is 0.481 e. The fraction of sp³-hybridized carbons (Fsp3) is 0.188. The van der Waals surface area contributed by atoms with E-state index in [0.29, 0.717) is 0 Å². The first-order valence-electron chi connectivity index (χ1n) is 6.09. The number of methoxy groups -OCH3 is 1. The molecule has 3 nitrogen and oxygen atoms in total. The fourth-order valence-corrected chi connectivity index (χ4v) is 2.21. The maximum absolute atomic E-state index is 11.6. The van der Waals surface area contributed by atoms with Gasteiger partial charge in [-0.3, -0.25) is 4.79 Å². The first-order valence-corrected chi connectivity index (χ1v) is 6.09. The Bertz CT molecular complexity index is 522. The molecule has 2 aromatic rings. The van der Waals surface area contributed by atoms with Crippen LogP contribution in [0.25, 0.3) is 0 Å². The number of carboxylic acid groups (broad SMARTS) is 1. The molecule has 0 radical (unpaired) electrons. The van der Waals surface area contributed by atoms with E-state index in [4.69, 9.17) is 4.74 Å². The molecule has 0 bridgehead atoms. The zero-order valence-corrected chi connectivity index (χ0v) is 10.7. The van der Waals surface area contributed by atoms with E-state index in [2.05, 4.69) is 0 Å². The third-order valence-electron chi connectivity index (χ3n) is 3.11. The number of hydrogen-bond donors (Lipinski definition) is 1. The van der Waals surface area contributed by atoms with Gasteiger partial charge in [-0.05, 0) is 11.1 Å². The highest BCUT2D eigenvalue weighted by Gasteiger charge is 2.30. The SMILES string of the molecule is COC(c1ccccc1)C(C(=O)O)c1ccccc1. The predicted octanol–water partition coefficient (Wildman–Crippen LogP) is 3.24. The number of hydrogen-bond acceptors (Lipinski definition) is 2. The van der Waals surface area contributed by atoms with E-state index in [1.165, 1.54) is 7.11 Å². The van der Waals surface area contributed by atoms with Gasteiger partial charge < -0.3 is 9.84 Å². The fourth-order valence-electron chi connectivity index (χ4n) is 2.21. The number of carbonyl (C=O) groups is 1. The van der Waals surface area contributed by atoms with Crippen LogP contribution in [-0.2, 0) is 9.53 Å². The van der Waals surface area contributed by atoms with Crippen molar-refractivity contribution in [2.45, 2.75) is 12.0 Å². The molecule has 0 fully saturated rings. The van der Waals surface area contributed by atoms with Gasteiger partial charge in [0.25, 0.3) is 0 Å². The van der Waals surface area contributed by atoms with Crippen molar-refractivity contribution in [2.24, 2.45) is 0 Å². The second kappa shape index (κ2) is 6.16. The molecule has 0 amide bonds. The monoisotopic (exact) mass is 256 g/mol. The van der Waals surface area contributed by atoms with Crippen molar-refractivity contribution < 1.29 is 14.6 Å². The van der Waals surface area contributed by atoms with Crippen molar-refractivity contribution in [1.29, 1.82) is 0 Å². The summed E-state index contributed by atoms with van der Waals surface area (Å²) in [5, 5.41) is 9.51. The average molecular weight is 256 g/mol. The molecule has 2 atom stereocenters. The van der Waals surface area contributed by atoms with Crippen LogP contribution >= 0.6 is 0 Å². The summed E-state index contributed by atoms with van der Waals surface area (Å²) >= 11 is 0. The van der Waals surface area contributed by atoms with Crippen LogP contribution in [0, 0.1) is 0 Å². The van der Waals surface area contributed by atoms with E-state index in [0.717, 1.165) is 11.1 Å². The molecule has 0 aromatic heterocycles. The summed E-state index contributed by atoms with van der Waals surface area (Å²) in [5.74, 6) is -1.60. The standard InChI is InChI=1S/C16H16O3/c1-19-15(13-10-6-3-7-11-13)14(16(17)18)12-8-4-2-5-9-12/h2-11,14-15H,1H3,(H,17,18). The Hall–Kier alpha value is -2.13. The zero-order valence-electron chi connectivity index (χ0n) is 10.7. The van der Waals surface area contributed by atoms with Gasteiger partial charge in [-0.1, -0.05) is 60.7 Å². The molecule has 2 aromatic carbocycles. The molecule has 1 N–H and O–H groups in total. The van der Waals surface area contributed by atoms with Gasteiger partial charge >= 0.3 is 5.97 Å². The smallest absolute Gasteiger partial charge is 0.314 e. The number of carboxylic acids is 1. The Morgan fingerprint density at radius 1 is 0.947 bits per heavy atom. The van der Waals surface area contributed by atoms with Crippen molar-refractivity contribution in [2.75, 3.05) is 7.11 Å². The Morgan fingerprint density at radius 2 is 1.42 bits per heavy atom. The minimum atomic E-state index is -0.887. The van der Waals surface area contributed by atoms with Crippen LogP contribution in [0.15, 0.2) is 60.7 Å². The van der Waals surface area contributed by atoms with E-state index in [1.807, 2.05) is 60.7 Å². The molecule has 98 valence electrons. The third kappa shape index (κ3) is 3.01. The Balaban J connectivity index is 2.41. The van der Waals surface area contributed by atoms with E-state index in [9.17, 15) is 9.90 Å². The second-order valence-corrected chi connectivity index (χ2v) is 4.29. The number of benzene rings is 2. The van der Waals surface area contributed by atoms with Crippen LogP contribution in [0.3, 0.4) is 0 Å². The number of aliphatic carboxylic acids is 1. The van der Waals surface area contributed by atoms with Crippen molar-refractivity contribution in [3.8, 4) is 0 Å². The molecule has 0 saturated heterocycles. The van der Waals surface area contributed by atoms with Crippen molar-refractivity contribution in [3.63, 3.8) is 0 Å². The Kier molecular flexibility index (Phi) is 4.31. The normalized spacial score (nSPS) is 13.7. The van der Waals surface area contributed by atoms with E-state index in [1.54, 1.807) is 0 Å². The molecule has 2 rings (SSSR count). The van der Waals surface area contributed by atoms with Gasteiger partial charge in [0, 0.05) is 7.11 Å². The first-order chi connectivity index (χ1) is 9.24. The molecule has 3 heteroatoms. The molecule has 2 unspecified atom stereocenters. The topological polar surface area (TPSA) is 46.5 Å². The number of rotatable bonds is 5. The van der Waals surface area contributed by atoms with Crippen molar-refractivity contribution >= 4 is 5.97 Å². The molecule has 0 spiro atoms.